The molecule has 17 heavy (non-hydrogen) atoms. The molecule has 2 unspecified atom stereocenters. The summed E-state index contributed by atoms with van der Waals surface area (Å²) in [6, 6.07) is 0. The first-order valence-electron chi connectivity index (χ1n) is 6.36. The lowest BCUT2D eigenvalue weighted by Gasteiger charge is -2.13. The zero-order valence-electron chi connectivity index (χ0n) is 10.6. The molecule has 0 amide bonds. The van der Waals surface area contributed by atoms with Gasteiger partial charge in [0.1, 0.15) is 0 Å². The second-order valence-corrected chi connectivity index (χ2v) is 4.74. The molecule has 0 radical (unpaired) electrons. The van der Waals surface area contributed by atoms with Gasteiger partial charge in [-0.05, 0) is 31.7 Å². The first-order chi connectivity index (χ1) is 8.22. The maximum atomic E-state index is 9.58. The molecule has 1 rings (SSSR count). The van der Waals surface area contributed by atoms with E-state index in [4.69, 9.17) is 9.47 Å². The fourth-order valence-electron chi connectivity index (χ4n) is 1.53. The minimum Gasteiger partial charge on any atom is -0.391 e. The topological polar surface area (TPSA) is 71.0 Å². The van der Waals surface area contributed by atoms with Crippen molar-refractivity contribution in [2.75, 3.05) is 40.0 Å². The molecule has 0 aromatic carbocycles. The Labute approximate surface area is 103 Å². The van der Waals surface area contributed by atoms with Crippen molar-refractivity contribution in [3.8, 4) is 0 Å². The molecule has 1 saturated carbocycles. The number of hydrogen-bond acceptors (Lipinski definition) is 5. The van der Waals surface area contributed by atoms with Gasteiger partial charge in [0.2, 0.25) is 0 Å². The summed E-state index contributed by atoms with van der Waals surface area (Å²) in [5, 5.41) is 22.0. The lowest BCUT2D eigenvalue weighted by Crippen LogP contribution is -2.33. The molecule has 0 saturated heterocycles. The molecule has 0 aromatic rings. The Morgan fingerprint density at radius 3 is 2.65 bits per heavy atom. The van der Waals surface area contributed by atoms with Crippen LogP contribution >= 0.6 is 0 Å². The van der Waals surface area contributed by atoms with Gasteiger partial charge in [-0.1, -0.05) is 0 Å². The first kappa shape index (κ1) is 14.9. The van der Waals surface area contributed by atoms with E-state index in [9.17, 15) is 10.2 Å². The van der Waals surface area contributed by atoms with E-state index in [1.807, 2.05) is 0 Å². The largest absolute Gasteiger partial charge is 0.391 e. The zero-order valence-corrected chi connectivity index (χ0v) is 10.6. The third-order valence-corrected chi connectivity index (χ3v) is 2.75. The van der Waals surface area contributed by atoms with Crippen LogP contribution < -0.4 is 5.32 Å². The van der Waals surface area contributed by atoms with Crippen LogP contribution in [0, 0.1) is 5.92 Å². The van der Waals surface area contributed by atoms with Crippen LogP contribution in [0.15, 0.2) is 0 Å². The summed E-state index contributed by atoms with van der Waals surface area (Å²) in [7, 11) is 1.57. The minimum absolute atomic E-state index is 0.356. The Bertz CT molecular complexity index is 187. The maximum absolute atomic E-state index is 9.58. The van der Waals surface area contributed by atoms with Gasteiger partial charge in [-0.2, -0.15) is 0 Å². The molecule has 0 bridgehead atoms. The van der Waals surface area contributed by atoms with E-state index < -0.39 is 12.2 Å². The van der Waals surface area contributed by atoms with Gasteiger partial charge in [-0.3, -0.25) is 0 Å². The van der Waals surface area contributed by atoms with E-state index in [2.05, 4.69) is 5.32 Å². The standard InChI is InChI=1S/C12H25NO4/c1-16-8-11(14)4-5-13-6-12(15)9-17-7-10-2-3-10/h10-15H,2-9H2,1H3. The monoisotopic (exact) mass is 247 g/mol. The van der Waals surface area contributed by atoms with Crippen LogP contribution in [-0.4, -0.2) is 62.4 Å². The Hall–Kier alpha value is -0.200. The molecule has 2 atom stereocenters. The maximum Gasteiger partial charge on any atom is 0.0897 e. The molecule has 1 aliphatic rings. The smallest absolute Gasteiger partial charge is 0.0897 e. The van der Waals surface area contributed by atoms with E-state index in [1.165, 1.54) is 12.8 Å². The Kier molecular flexibility index (Phi) is 7.72. The van der Waals surface area contributed by atoms with E-state index >= 15 is 0 Å². The SMILES string of the molecule is COCC(O)CCNCC(O)COCC1CC1. The molecule has 5 heteroatoms. The van der Waals surface area contributed by atoms with Gasteiger partial charge in [0, 0.05) is 20.3 Å². The molecule has 0 aliphatic heterocycles. The third-order valence-electron chi connectivity index (χ3n) is 2.75. The summed E-state index contributed by atoms with van der Waals surface area (Å²) in [5.74, 6) is 0.736. The molecule has 0 aromatic heterocycles. The lowest BCUT2D eigenvalue weighted by atomic mass is 10.2. The highest BCUT2D eigenvalue weighted by Crippen LogP contribution is 2.28. The molecule has 0 heterocycles. The van der Waals surface area contributed by atoms with Crippen LogP contribution in [0.2, 0.25) is 0 Å². The summed E-state index contributed by atoms with van der Waals surface area (Å²) in [5.41, 5.74) is 0. The number of aliphatic hydroxyl groups is 2. The van der Waals surface area contributed by atoms with Crippen LogP contribution in [0.1, 0.15) is 19.3 Å². The van der Waals surface area contributed by atoms with Gasteiger partial charge in [0.15, 0.2) is 0 Å². The second kappa shape index (κ2) is 8.83. The van der Waals surface area contributed by atoms with Gasteiger partial charge in [0.25, 0.3) is 0 Å². The molecule has 0 spiro atoms. The van der Waals surface area contributed by atoms with Crippen molar-refractivity contribution >= 4 is 0 Å². The van der Waals surface area contributed by atoms with Crippen molar-refractivity contribution in [2.24, 2.45) is 5.92 Å². The van der Waals surface area contributed by atoms with Crippen LogP contribution in [0.25, 0.3) is 0 Å². The van der Waals surface area contributed by atoms with Crippen LogP contribution in [-0.2, 0) is 9.47 Å². The van der Waals surface area contributed by atoms with E-state index in [-0.39, 0.29) is 0 Å². The Balaban J connectivity index is 1.83. The van der Waals surface area contributed by atoms with Crippen molar-refractivity contribution in [1.29, 1.82) is 0 Å². The quantitative estimate of drug-likeness (QED) is 0.440. The van der Waals surface area contributed by atoms with E-state index in [1.54, 1.807) is 7.11 Å². The van der Waals surface area contributed by atoms with Crippen LogP contribution in [0.4, 0.5) is 0 Å². The number of methoxy groups -OCH3 is 1. The molecule has 1 fully saturated rings. The predicted molar refractivity (Wildman–Crippen MR) is 64.9 cm³/mol. The molecular formula is C12H25NO4. The summed E-state index contributed by atoms with van der Waals surface area (Å²) in [6.45, 7) is 2.71. The average Bonchev–Trinajstić information content (AvgIpc) is 3.09. The number of ether oxygens (including phenoxy) is 2. The van der Waals surface area contributed by atoms with Crippen molar-refractivity contribution in [1.82, 2.24) is 5.32 Å². The zero-order chi connectivity index (χ0) is 12.5. The summed E-state index contributed by atoms with van der Waals surface area (Å²) >= 11 is 0. The number of rotatable bonds is 11. The average molecular weight is 247 g/mol. The number of hydrogen-bond donors (Lipinski definition) is 3. The molecule has 3 N–H and O–H groups in total. The highest BCUT2D eigenvalue weighted by Gasteiger charge is 2.21. The van der Waals surface area contributed by atoms with Crippen molar-refractivity contribution in [3.63, 3.8) is 0 Å². The summed E-state index contributed by atoms with van der Waals surface area (Å²) in [6.07, 6.45) is 2.27. The second-order valence-electron chi connectivity index (χ2n) is 4.74. The Morgan fingerprint density at radius 1 is 1.24 bits per heavy atom. The molecular weight excluding hydrogens is 222 g/mol. The van der Waals surface area contributed by atoms with Gasteiger partial charge >= 0.3 is 0 Å². The number of nitrogens with one attached hydrogen (secondary N) is 1. The molecule has 1 aliphatic carbocycles. The molecule has 5 nitrogen and oxygen atoms in total. The van der Waals surface area contributed by atoms with Gasteiger partial charge in [0.05, 0.1) is 25.4 Å². The van der Waals surface area contributed by atoms with Crippen LogP contribution in [0.3, 0.4) is 0 Å². The minimum atomic E-state index is -0.465. The molecule has 102 valence electrons. The van der Waals surface area contributed by atoms with Gasteiger partial charge in [-0.25, -0.2) is 0 Å². The van der Waals surface area contributed by atoms with Crippen molar-refractivity contribution < 1.29 is 19.7 Å². The normalized spacial score (nSPS) is 19.2. The van der Waals surface area contributed by atoms with Gasteiger partial charge in [-0.15, -0.1) is 0 Å². The Morgan fingerprint density at radius 2 is 2.00 bits per heavy atom. The highest BCUT2D eigenvalue weighted by atomic mass is 16.5. The predicted octanol–water partition coefficient (Wildman–Crippen LogP) is -0.239. The summed E-state index contributed by atoms with van der Waals surface area (Å²) in [4.78, 5) is 0. The van der Waals surface area contributed by atoms with Crippen LogP contribution in [0.5, 0.6) is 0 Å². The summed E-state index contributed by atoms with van der Waals surface area (Å²) < 4.78 is 10.2. The van der Waals surface area contributed by atoms with E-state index in [0.717, 1.165) is 12.5 Å². The lowest BCUT2D eigenvalue weighted by molar-refractivity contribution is 0.0308. The fourth-order valence-corrected chi connectivity index (χ4v) is 1.53. The highest BCUT2D eigenvalue weighted by molar-refractivity contribution is 4.72. The fraction of sp³-hybridized carbons (Fsp3) is 1.00. The first-order valence-corrected chi connectivity index (χ1v) is 6.36. The third kappa shape index (κ3) is 8.51. The van der Waals surface area contributed by atoms with Crippen molar-refractivity contribution in [2.45, 2.75) is 31.5 Å². The van der Waals surface area contributed by atoms with Crippen molar-refractivity contribution in [3.05, 3.63) is 0 Å². The van der Waals surface area contributed by atoms with Gasteiger partial charge < -0.3 is 25.0 Å². The van der Waals surface area contributed by atoms with E-state index in [0.29, 0.717) is 32.7 Å². The number of aliphatic hydroxyl groups excluding tert-OH is 2.